The summed E-state index contributed by atoms with van der Waals surface area (Å²) in [7, 11) is 1.69. The lowest BCUT2D eigenvalue weighted by molar-refractivity contribution is -0.136. The predicted molar refractivity (Wildman–Crippen MR) is 113 cm³/mol. The number of nitrogens with zero attached hydrogens (tertiary/aromatic N) is 3. The van der Waals surface area contributed by atoms with Crippen molar-refractivity contribution in [1.29, 1.82) is 0 Å². The molecule has 7 heteroatoms. The summed E-state index contributed by atoms with van der Waals surface area (Å²) in [5, 5.41) is 2.89. The van der Waals surface area contributed by atoms with Crippen LogP contribution in [-0.2, 0) is 22.6 Å². The van der Waals surface area contributed by atoms with E-state index in [1.165, 1.54) is 16.0 Å². The number of fused-ring (bicyclic) bond motifs is 1. The fraction of sp³-hybridized carbons (Fsp3) is 0.636. The Balaban J connectivity index is 1.40. The summed E-state index contributed by atoms with van der Waals surface area (Å²) in [4.78, 5) is 30.6. The van der Waals surface area contributed by atoms with Crippen LogP contribution in [-0.4, -0.2) is 85.0 Å². The Bertz CT molecular complexity index is 736. The first-order valence-corrected chi connectivity index (χ1v) is 10.4. The molecule has 1 fully saturated rings. The molecule has 2 aliphatic rings. The van der Waals surface area contributed by atoms with E-state index in [-0.39, 0.29) is 23.9 Å². The average molecular weight is 403 g/mol. The molecule has 29 heavy (non-hydrogen) atoms. The van der Waals surface area contributed by atoms with Crippen LogP contribution in [0.5, 0.6) is 5.75 Å². The second-order valence-corrected chi connectivity index (χ2v) is 9.14. The minimum Gasteiger partial charge on any atom is -0.493 e. The van der Waals surface area contributed by atoms with Gasteiger partial charge in [0.1, 0.15) is 5.75 Å². The van der Waals surface area contributed by atoms with E-state index in [4.69, 9.17) is 4.74 Å². The number of ether oxygens (including phenoxy) is 1. The number of nitrogens with one attached hydrogen (secondary N) is 1. The van der Waals surface area contributed by atoms with Crippen LogP contribution in [0.1, 0.15) is 31.9 Å². The largest absolute Gasteiger partial charge is 0.493 e. The smallest absolute Gasteiger partial charge is 0.240 e. The molecule has 2 amide bonds. The maximum Gasteiger partial charge on any atom is 0.240 e. The van der Waals surface area contributed by atoms with Crippen LogP contribution in [0.4, 0.5) is 0 Å². The van der Waals surface area contributed by atoms with E-state index in [0.717, 1.165) is 51.5 Å². The van der Waals surface area contributed by atoms with Crippen LogP contribution < -0.4 is 10.1 Å². The van der Waals surface area contributed by atoms with Gasteiger partial charge in [-0.1, -0.05) is 12.1 Å². The van der Waals surface area contributed by atoms with Gasteiger partial charge < -0.3 is 15.0 Å². The number of carbonyl (C=O) groups is 2. The van der Waals surface area contributed by atoms with Crippen molar-refractivity contribution >= 4 is 11.8 Å². The van der Waals surface area contributed by atoms with Crippen LogP contribution >= 0.6 is 0 Å². The van der Waals surface area contributed by atoms with Crippen LogP contribution in [0, 0.1) is 0 Å². The summed E-state index contributed by atoms with van der Waals surface area (Å²) in [5.74, 6) is 0.886. The Kier molecular flexibility index (Phi) is 6.80. The van der Waals surface area contributed by atoms with Gasteiger partial charge >= 0.3 is 0 Å². The first kappa shape index (κ1) is 21.6. The first-order valence-electron chi connectivity index (χ1n) is 10.4. The second-order valence-electron chi connectivity index (χ2n) is 9.14. The van der Waals surface area contributed by atoms with E-state index in [0.29, 0.717) is 6.54 Å². The Morgan fingerprint density at radius 3 is 2.52 bits per heavy atom. The van der Waals surface area contributed by atoms with Gasteiger partial charge in [0.25, 0.3) is 0 Å². The Morgan fingerprint density at radius 1 is 1.14 bits per heavy atom. The topological polar surface area (TPSA) is 65.1 Å². The molecule has 2 aliphatic heterocycles. The normalized spacial score (nSPS) is 17.5. The molecule has 3 rings (SSSR count). The number of hydrogen-bond donors (Lipinski definition) is 1. The van der Waals surface area contributed by atoms with Crippen LogP contribution in [0.25, 0.3) is 0 Å². The van der Waals surface area contributed by atoms with Crippen LogP contribution in [0.15, 0.2) is 18.2 Å². The molecule has 160 valence electrons. The summed E-state index contributed by atoms with van der Waals surface area (Å²) in [6.45, 7) is 11.6. The lowest BCUT2D eigenvalue weighted by Crippen LogP contribution is -2.51. The monoisotopic (exact) mass is 402 g/mol. The van der Waals surface area contributed by atoms with Gasteiger partial charge in [0.05, 0.1) is 19.7 Å². The van der Waals surface area contributed by atoms with Crippen molar-refractivity contribution < 1.29 is 14.3 Å². The maximum absolute atomic E-state index is 12.5. The maximum atomic E-state index is 12.5. The molecule has 0 unspecified atom stereocenters. The summed E-state index contributed by atoms with van der Waals surface area (Å²) < 4.78 is 5.58. The fourth-order valence-corrected chi connectivity index (χ4v) is 3.78. The first-order chi connectivity index (χ1) is 13.7. The average Bonchev–Trinajstić information content (AvgIpc) is 3.09. The third kappa shape index (κ3) is 6.44. The fourth-order valence-electron chi connectivity index (χ4n) is 3.78. The second kappa shape index (κ2) is 9.13. The van der Waals surface area contributed by atoms with Gasteiger partial charge in [-0.05, 0) is 38.0 Å². The number of hydrogen-bond acceptors (Lipinski definition) is 5. The number of likely N-dealkylation sites (N-methyl/N-ethyl adjacent to an activating group) is 1. The third-order valence-corrected chi connectivity index (χ3v) is 5.30. The third-order valence-electron chi connectivity index (χ3n) is 5.30. The van der Waals surface area contributed by atoms with Crippen molar-refractivity contribution in [2.24, 2.45) is 0 Å². The molecule has 1 aromatic rings. The van der Waals surface area contributed by atoms with Gasteiger partial charge in [-0.15, -0.1) is 0 Å². The van der Waals surface area contributed by atoms with Crippen molar-refractivity contribution in [1.82, 2.24) is 20.0 Å². The number of piperazine rings is 1. The van der Waals surface area contributed by atoms with Gasteiger partial charge in [0.15, 0.2) is 0 Å². The lowest BCUT2D eigenvalue weighted by atomic mass is 10.1. The van der Waals surface area contributed by atoms with E-state index in [9.17, 15) is 9.59 Å². The van der Waals surface area contributed by atoms with Gasteiger partial charge in [0.2, 0.25) is 11.8 Å². The zero-order chi connectivity index (χ0) is 21.0. The molecule has 2 heterocycles. The highest BCUT2D eigenvalue weighted by Gasteiger charge is 2.23. The zero-order valence-electron chi connectivity index (χ0n) is 18.2. The molecular formula is C22H34N4O3. The van der Waals surface area contributed by atoms with Crippen molar-refractivity contribution in [2.45, 2.75) is 39.3 Å². The van der Waals surface area contributed by atoms with Crippen molar-refractivity contribution in [2.75, 3.05) is 52.9 Å². The van der Waals surface area contributed by atoms with Crippen molar-refractivity contribution in [3.05, 3.63) is 29.3 Å². The molecule has 0 spiro atoms. The number of benzene rings is 1. The molecule has 0 saturated carbocycles. The lowest BCUT2D eigenvalue weighted by Gasteiger charge is -2.35. The SMILES string of the molecule is CN(CC(=O)NC(C)(C)C)C(=O)CN1CCN(Cc2ccc3c(c2)CCO3)CC1. The summed E-state index contributed by atoms with van der Waals surface area (Å²) in [6.07, 6.45) is 1.00. The molecule has 7 nitrogen and oxygen atoms in total. The Hall–Kier alpha value is -2.12. The molecule has 0 atom stereocenters. The highest BCUT2D eigenvalue weighted by molar-refractivity contribution is 5.85. The summed E-state index contributed by atoms with van der Waals surface area (Å²) >= 11 is 0. The van der Waals surface area contributed by atoms with Crippen molar-refractivity contribution in [3.8, 4) is 5.75 Å². The standard InChI is InChI=1S/C22H34N4O3/c1-22(2,3)23-20(27)15-24(4)21(28)16-26-10-8-25(9-11-26)14-17-5-6-19-18(13-17)7-12-29-19/h5-6,13H,7-12,14-16H2,1-4H3,(H,23,27). The number of amides is 2. The highest BCUT2D eigenvalue weighted by atomic mass is 16.5. The summed E-state index contributed by atoms with van der Waals surface area (Å²) in [5.41, 5.74) is 2.34. The molecule has 0 bridgehead atoms. The molecule has 0 radical (unpaired) electrons. The number of rotatable bonds is 6. The molecule has 0 aliphatic carbocycles. The van der Waals surface area contributed by atoms with Gasteiger partial charge in [-0.25, -0.2) is 0 Å². The quantitative estimate of drug-likeness (QED) is 0.772. The number of carbonyl (C=O) groups excluding carboxylic acids is 2. The highest BCUT2D eigenvalue weighted by Crippen LogP contribution is 2.26. The summed E-state index contributed by atoms with van der Waals surface area (Å²) in [6, 6.07) is 6.49. The Morgan fingerprint density at radius 2 is 1.83 bits per heavy atom. The van der Waals surface area contributed by atoms with E-state index >= 15 is 0 Å². The van der Waals surface area contributed by atoms with Crippen LogP contribution in [0.2, 0.25) is 0 Å². The van der Waals surface area contributed by atoms with E-state index < -0.39 is 0 Å². The van der Waals surface area contributed by atoms with E-state index in [2.05, 4.69) is 33.3 Å². The minimum absolute atomic E-state index is 0.0128. The minimum atomic E-state index is -0.289. The van der Waals surface area contributed by atoms with Gasteiger partial charge in [-0.3, -0.25) is 19.4 Å². The molecule has 1 N–H and O–H groups in total. The van der Waals surface area contributed by atoms with Gasteiger partial charge in [-0.2, -0.15) is 0 Å². The molecule has 0 aromatic heterocycles. The Labute approximate surface area is 174 Å². The van der Waals surface area contributed by atoms with Crippen molar-refractivity contribution in [3.63, 3.8) is 0 Å². The molecule has 1 aromatic carbocycles. The predicted octanol–water partition coefficient (Wildman–Crippen LogP) is 1.11. The van der Waals surface area contributed by atoms with E-state index in [1.54, 1.807) is 7.05 Å². The van der Waals surface area contributed by atoms with E-state index in [1.807, 2.05) is 20.8 Å². The van der Waals surface area contributed by atoms with Crippen LogP contribution in [0.3, 0.4) is 0 Å². The zero-order valence-corrected chi connectivity index (χ0v) is 18.2. The molecule has 1 saturated heterocycles. The molecular weight excluding hydrogens is 368 g/mol. The van der Waals surface area contributed by atoms with Gasteiger partial charge in [0, 0.05) is 51.7 Å².